The molecule has 1 aromatic rings. The normalized spacial score (nSPS) is 18.5. The number of rotatable bonds is 4. The standard InChI is InChI=1S/C9H11ClN4O2S/c1-17-14-4-9(5-14,7(15)16)13-6-2-3-11-8(10)12-6/h2-3H,4-5H2,1H3,(H,15,16)(H,11,12,13). The Morgan fingerprint density at radius 3 is 2.94 bits per heavy atom. The molecule has 2 N–H and O–H groups in total. The third-order valence-electron chi connectivity index (χ3n) is 2.55. The van der Waals surface area contributed by atoms with Crippen molar-refractivity contribution in [2.75, 3.05) is 24.7 Å². The molecule has 1 fully saturated rings. The fourth-order valence-corrected chi connectivity index (χ4v) is 2.45. The van der Waals surface area contributed by atoms with Crippen molar-refractivity contribution >= 4 is 35.3 Å². The van der Waals surface area contributed by atoms with Crippen LogP contribution in [0.15, 0.2) is 12.3 Å². The van der Waals surface area contributed by atoms with Crippen molar-refractivity contribution in [2.24, 2.45) is 0 Å². The number of halogens is 1. The van der Waals surface area contributed by atoms with Gasteiger partial charge in [-0.05, 0) is 23.9 Å². The smallest absolute Gasteiger partial charge is 0.332 e. The van der Waals surface area contributed by atoms with Crippen LogP contribution < -0.4 is 5.32 Å². The number of carbonyl (C=O) groups is 1. The van der Waals surface area contributed by atoms with E-state index in [1.165, 1.54) is 18.1 Å². The maximum atomic E-state index is 11.3. The number of hydrogen-bond donors (Lipinski definition) is 2. The average Bonchev–Trinajstić information content (AvgIpc) is 2.22. The summed E-state index contributed by atoms with van der Waals surface area (Å²) in [5.41, 5.74) is -0.985. The van der Waals surface area contributed by atoms with Crippen LogP contribution in [0.5, 0.6) is 0 Å². The molecule has 1 aliphatic heterocycles. The summed E-state index contributed by atoms with van der Waals surface area (Å²) in [6.07, 6.45) is 3.39. The first kappa shape index (κ1) is 12.4. The first-order valence-electron chi connectivity index (χ1n) is 4.85. The van der Waals surface area contributed by atoms with Crippen LogP contribution in [0.3, 0.4) is 0 Å². The van der Waals surface area contributed by atoms with Gasteiger partial charge in [-0.1, -0.05) is 11.9 Å². The van der Waals surface area contributed by atoms with Crippen molar-refractivity contribution in [1.82, 2.24) is 14.3 Å². The van der Waals surface area contributed by atoms with Crippen LogP contribution in [-0.4, -0.2) is 50.2 Å². The van der Waals surface area contributed by atoms with Crippen LogP contribution >= 0.6 is 23.5 Å². The predicted octanol–water partition coefficient (Wildman–Crippen LogP) is 0.959. The first-order chi connectivity index (χ1) is 8.05. The van der Waals surface area contributed by atoms with E-state index in [-0.39, 0.29) is 5.28 Å². The van der Waals surface area contributed by atoms with Gasteiger partial charge < -0.3 is 10.4 Å². The number of aromatic nitrogens is 2. The Hall–Kier alpha value is -1.05. The fraction of sp³-hybridized carbons (Fsp3) is 0.444. The monoisotopic (exact) mass is 274 g/mol. The molecule has 0 aliphatic carbocycles. The molecular weight excluding hydrogens is 264 g/mol. The van der Waals surface area contributed by atoms with Gasteiger partial charge in [-0.3, -0.25) is 0 Å². The van der Waals surface area contributed by atoms with E-state index in [9.17, 15) is 9.90 Å². The predicted molar refractivity (Wildman–Crippen MR) is 66.1 cm³/mol. The minimum Gasteiger partial charge on any atom is -0.479 e. The Morgan fingerprint density at radius 1 is 1.71 bits per heavy atom. The molecule has 92 valence electrons. The zero-order valence-electron chi connectivity index (χ0n) is 9.05. The molecule has 1 aromatic heterocycles. The molecule has 0 saturated carbocycles. The average molecular weight is 275 g/mol. The molecule has 0 radical (unpaired) electrons. The van der Waals surface area contributed by atoms with Gasteiger partial charge in [-0.2, -0.15) is 0 Å². The van der Waals surface area contributed by atoms with Crippen LogP contribution in [0.25, 0.3) is 0 Å². The second kappa shape index (κ2) is 4.67. The maximum absolute atomic E-state index is 11.3. The highest BCUT2D eigenvalue weighted by atomic mass is 35.5. The Labute approximate surface area is 108 Å². The van der Waals surface area contributed by atoms with Crippen molar-refractivity contribution in [3.05, 3.63) is 17.5 Å². The van der Waals surface area contributed by atoms with Crippen LogP contribution in [0, 0.1) is 0 Å². The third kappa shape index (κ3) is 2.46. The van der Waals surface area contributed by atoms with E-state index in [2.05, 4.69) is 15.3 Å². The molecule has 1 aliphatic rings. The van der Waals surface area contributed by atoms with E-state index in [1.54, 1.807) is 6.07 Å². The summed E-state index contributed by atoms with van der Waals surface area (Å²) in [7, 11) is 0. The van der Waals surface area contributed by atoms with Gasteiger partial charge in [0.15, 0.2) is 5.54 Å². The van der Waals surface area contributed by atoms with E-state index in [4.69, 9.17) is 11.6 Å². The molecule has 2 rings (SSSR count). The molecule has 6 nitrogen and oxygen atoms in total. The molecule has 0 unspecified atom stereocenters. The van der Waals surface area contributed by atoms with Crippen LogP contribution in [-0.2, 0) is 4.79 Å². The van der Waals surface area contributed by atoms with Crippen LogP contribution in [0.2, 0.25) is 5.28 Å². The zero-order valence-corrected chi connectivity index (χ0v) is 10.6. The largest absolute Gasteiger partial charge is 0.479 e. The van der Waals surface area contributed by atoms with Crippen molar-refractivity contribution < 1.29 is 9.90 Å². The van der Waals surface area contributed by atoms with E-state index in [0.717, 1.165) is 0 Å². The van der Waals surface area contributed by atoms with Gasteiger partial charge in [0, 0.05) is 19.3 Å². The Balaban J connectivity index is 2.12. The minimum absolute atomic E-state index is 0.0941. The number of carboxylic acid groups (broad SMARTS) is 1. The molecule has 17 heavy (non-hydrogen) atoms. The fourth-order valence-electron chi connectivity index (χ4n) is 1.60. The lowest BCUT2D eigenvalue weighted by Crippen LogP contribution is -2.68. The molecule has 0 aromatic carbocycles. The lowest BCUT2D eigenvalue weighted by atomic mass is 9.92. The Morgan fingerprint density at radius 2 is 2.41 bits per heavy atom. The Bertz CT molecular complexity index is 439. The third-order valence-corrected chi connectivity index (χ3v) is 3.51. The summed E-state index contributed by atoms with van der Waals surface area (Å²) in [4.78, 5) is 18.9. The van der Waals surface area contributed by atoms with E-state index < -0.39 is 11.5 Å². The minimum atomic E-state index is -0.985. The van der Waals surface area contributed by atoms with Gasteiger partial charge in [0.2, 0.25) is 5.28 Å². The molecule has 1 saturated heterocycles. The van der Waals surface area contributed by atoms with E-state index in [0.29, 0.717) is 18.9 Å². The van der Waals surface area contributed by atoms with Crippen LogP contribution in [0.1, 0.15) is 0 Å². The number of hydrogen-bond acceptors (Lipinski definition) is 6. The summed E-state index contributed by atoms with van der Waals surface area (Å²) < 4.78 is 1.95. The molecule has 2 heterocycles. The van der Waals surface area contributed by atoms with Gasteiger partial charge in [0.25, 0.3) is 0 Å². The number of aliphatic carboxylic acids is 1. The number of nitrogens with zero attached hydrogens (tertiary/aromatic N) is 3. The lowest BCUT2D eigenvalue weighted by molar-refractivity contribution is -0.146. The molecule has 8 heteroatoms. The van der Waals surface area contributed by atoms with Crippen molar-refractivity contribution in [3.8, 4) is 0 Å². The summed E-state index contributed by atoms with van der Waals surface area (Å²) in [5, 5.41) is 12.3. The quantitative estimate of drug-likeness (QED) is 0.625. The molecule has 0 spiro atoms. The molecular formula is C9H11ClN4O2S. The SMILES string of the molecule is CSN1CC(Nc2ccnc(Cl)n2)(C(=O)O)C1. The van der Waals surface area contributed by atoms with Gasteiger partial charge in [-0.25, -0.2) is 19.1 Å². The number of anilines is 1. The van der Waals surface area contributed by atoms with Gasteiger partial charge in [-0.15, -0.1) is 0 Å². The Kier molecular flexibility index (Phi) is 3.41. The summed E-state index contributed by atoms with van der Waals surface area (Å²) in [5.74, 6) is -0.467. The van der Waals surface area contributed by atoms with Gasteiger partial charge >= 0.3 is 5.97 Å². The molecule has 0 atom stereocenters. The van der Waals surface area contributed by atoms with Gasteiger partial charge in [0.1, 0.15) is 5.82 Å². The summed E-state index contributed by atoms with van der Waals surface area (Å²) in [6.45, 7) is 0.843. The van der Waals surface area contributed by atoms with E-state index >= 15 is 0 Å². The maximum Gasteiger partial charge on any atom is 0.332 e. The van der Waals surface area contributed by atoms with Crippen molar-refractivity contribution in [2.45, 2.75) is 5.54 Å². The second-order valence-electron chi connectivity index (χ2n) is 3.70. The van der Waals surface area contributed by atoms with Crippen molar-refractivity contribution in [1.29, 1.82) is 0 Å². The van der Waals surface area contributed by atoms with Crippen molar-refractivity contribution in [3.63, 3.8) is 0 Å². The highest BCUT2D eigenvalue weighted by molar-refractivity contribution is 7.96. The molecule has 0 amide bonds. The second-order valence-corrected chi connectivity index (χ2v) is 4.92. The summed E-state index contributed by atoms with van der Waals surface area (Å²) in [6, 6.07) is 1.60. The highest BCUT2D eigenvalue weighted by Gasteiger charge is 2.50. The lowest BCUT2D eigenvalue weighted by Gasteiger charge is -2.46. The number of carboxylic acids is 1. The zero-order chi connectivity index (χ0) is 12.5. The molecule has 0 bridgehead atoms. The highest BCUT2D eigenvalue weighted by Crippen LogP contribution is 2.29. The van der Waals surface area contributed by atoms with Gasteiger partial charge in [0.05, 0.1) is 0 Å². The summed E-state index contributed by atoms with van der Waals surface area (Å²) >= 11 is 7.16. The first-order valence-corrected chi connectivity index (χ1v) is 6.41. The topological polar surface area (TPSA) is 78.3 Å². The van der Waals surface area contributed by atoms with E-state index in [1.807, 2.05) is 10.6 Å². The van der Waals surface area contributed by atoms with Crippen LogP contribution in [0.4, 0.5) is 5.82 Å². The number of nitrogens with one attached hydrogen (secondary N) is 1.